The van der Waals surface area contributed by atoms with Crippen LogP contribution in [-0.4, -0.2) is 30.5 Å². The van der Waals surface area contributed by atoms with Crippen molar-refractivity contribution in [2.24, 2.45) is 5.92 Å². The molecule has 1 aliphatic rings. The molecule has 1 saturated heterocycles. The number of hydrogen-bond donors (Lipinski definition) is 2. The molecule has 1 atom stereocenters. The molecule has 0 aliphatic carbocycles. The summed E-state index contributed by atoms with van der Waals surface area (Å²) in [4.78, 5) is 15.7. The Bertz CT molecular complexity index is 443. The van der Waals surface area contributed by atoms with Gasteiger partial charge in [-0.05, 0) is 44.0 Å². The number of aromatic nitrogens is 1. The monoisotopic (exact) mass is 244 g/mol. The fourth-order valence-electron chi connectivity index (χ4n) is 2.04. The van der Waals surface area contributed by atoms with Gasteiger partial charge in [-0.15, -0.1) is 0 Å². The second-order valence-corrected chi connectivity index (χ2v) is 4.45. The summed E-state index contributed by atoms with van der Waals surface area (Å²) in [7, 11) is 0. The van der Waals surface area contributed by atoms with Gasteiger partial charge in [-0.25, -0.2) is 4.98 Å². The van der Waals surface area contributed by atoms with Crippen molar-refractivity contribution in [1.82, 2.24) is 15.6 Å². The smallest absolute Gasteiger partial charge is 0.269 e. The van der Waals surface area contributed by atoms with Gasteiger partial charge in [-0.3, -0.25) is 4.79 Å². The van der Waals surface area contributed by atoms with Crippen molar-refractivity contribution in [1.29, 1.82) is 5.26 Å². The van der Waals surface area contributed by atoms with Crippen LogP contribution in [0.15, 0.2) is 18.3 Å². The van der Waals surface area contributed by atoms with Crippen LogP contribution in [0.1, 0.15) is 28.9 Å². The van der Waals surface area contributed by atoms with Gasteiger partial charge in [-0.2, -0.15) is 5.26 Å². The molecule has 2 N–H and O–H groups in total. The van der Waals surface area contributed by atoms with Crippen molar-refractivity contribution in [2.75, 3.05) is 19.6 Å². The van der Waals surface area contributed by atoms with Crippen molar-refractivity contribution in [3.8, 4) is 6.07 Å². The number of nitrogens with one attached hydrogen (secondary N) is 2. The van der Waals surface area contributed by atoms with Crippen LogP contribution in [0, 0.1) is 17.2 Å². The molecule has 1 fully saturated rings. The summed E-state index contributed by atoms with van der Waals surface area (Å²) in [5.74, 6) is 0.490. The second-order valence-electron chi connectivity index (χ2n) is 4.45. The van der Waals surface area contributed by atoms with Crippen LogP contribution in [0.3, 0.4) is 0 Å². The van der Waals surface area contributed by atoms with Crippen LogP contribution in [0.25, 0.3) is 0 Å². The highest BCUT2D eigenvalue weighted by Crippen LogP contribution is 2.10. The van der Waals surface area contributed by atoms with Crippen molar-refractivity contribution in [3.63, 3.8) is 0 Å². The first-order chi connectivity index (χ1) is 8.79. The van der Waals surface area contributed by atoms with Gasteiger partial charge >= 0.3 is 0 Å². The third kappa shape index (κ3) is 3.28. The third-order valence-electron chi connectivity index (χ3n) is 3.13. The Morgan fingerprint density at radius 2 is 2.50 bits per heavy atom. The molecule has 0 aromatic carbocycles. The Balaban J connectivity index is 1.78. The maximum Gasteiger partial charge on any atom is 0.269 e. The van der Waals surface area contributed by atoms with Crippen LogP contribution in [0.5, 0.6) is 0 Å². The second kappa shape index (κ2) is 6.12. The minimum absolute atomic E-state index is 0.176. The van der Waals surface area contributed by atoms with Gasteiger partial charge in [0.05, 0.1) is 5.56 Å². The minimum Gasteiger partial charge on any atom is -0.351 e. The SMILES string of the molecule is N#Cc1ccc(C(=O)NCCC2CCNC2)nc1. The van der Waals surface area contributed by atoms with Gasteiger partial charge in [-0.1, -0.05) is 0 Å². The van der Waals surface area contributed by atoms with Gasteiger partial charge < -0.3 is 10.6 Å². The van der Waals surface area contributed by atoms with E-state index in [1.807, 2.05) is 6.07 Å². The number of pyridine rings is 1. The molecule has 1 aromatic heterocycles. The maximum atomic E-state index is 11.7. The summed E-state index contributed by atoms with van der Waals surface area (Å²) in [6.07, 6.45) is 3.59. The van der Waals surface area contributed by atoms with Crippen LogP contribution in [0.4, 0.5) is 0 Å². The van der Waals surface area contributed by atoms with E-state index in [0.717, 1.165) is 19.5 Å². The lowest BCUT2D eigenvalue weighted by Crippen LogP contribution is -2.27. The molecular formula is C13H16N4O. The van der Waals surface area contributed by atoms with Crippen LogP contribution in [0.2, 0.25) is 0 Å². The highest BCUT2D eigenvalue weighted by molar-refractivity contribution is 5.92. The summed E-state index contributed by atoms with van der Waals surface area (Å²) in [6.45, 7) is 2.80. The molecule has 0 spiro atoms. The molecule has 1 aromatic rings. The zero-order valence-corrected chi connectivity index (χ0v) is 10.1. The van der Waals surface area contributed by atoms with Gasteiger partial charge in [0.15, 0.2) is 0 Å². The Labute approximate surface area is 106 Å². The van der Waals surface area contributed by atoms with E-state index in [0.29, 0.717) is 23.7 Å². The number of nitrogens with zero attached hydrogens (tertiary/aromatic N) is 2. The van der Waals surface area contributed by atoms with Gasteiger partial charge in [0, 0.05) is 12.7 Å². The number of rotatable bonds is 4. The van der Waals surface area contributed by atoms with Gasteiger partial charge in [0.1, 0.15) is 11.8 Å². The number of amides is 1. The summed E-state index contributed by atoms with van der Waals surface area (Å²) >= 11 is 0. The van der Waals surface area contributed by atoms with E-state index in [9.17, 15) is 4.79 Å². The normalized spacial score (nSPS) is 18.3. The van der Waals surface area contributed by atoms with E-state index >= 15 is 0 Å². The minimum atomic E-state index is -0.176. The van der Waals surface area contributed by atoms with Crippen LogP contribution < -0.4 is 10.6 Å². The lowest BCUT2D eigenvalue weighted by Gasteiger charge is -2.08. The molecule has 0 saturated carbocycles. The standard InChI is InChI=1S/C13H16N4O/c14-7-11-1-2-12(17-9-11)13(18)16-6-4-10-3-5-15-8-10/h1-2,9-10,15H,3-6,8H2,(H,16,18). The molecular weight excluding hydrogens is 228 g/mol. The van der Waals surface area contributed by atoms with E-state index in [-0.39, 0.29) is 5.91 Å². The Kier molecular flexibility index (Phi) is 4.26. The largest absolute Gasteiger partial charge is 0.351 e. The molecule has 2 rings (SSSR count). The first-order valence-corrected chi connectivity index (χ1v) is 6.14. The molecule has 2 heterocycles. The summed E-state index contributed by atoms with van der Waals surface area (Å²) in [6, 6.07) is 5.15. The maximum absolute atomic E-state index is 11.7. The zero-order valence-electron chi connectivity index (χ0n) is 10.1. The van der Waals surface area contributed by atoms with Crippen LogP contribution >= 0.6 is 0 Å². The topological polar surface area (TPSA) is 77.8 Å². The van der Waals surface area contributed by atoms with Crippen molar-refractivity contribution >= 4 is 5.91 Å². The number of nitriles is 1. The van der Waals surface area contributed by atoms with E-state index in [1.54, 1.807) is 12.1 Å². The number of hydrogen-bond acceptors (Lipinski definition) is 4. The Morgan fingerprint density at radius 1 is 1.61 bits per heavy atom. The van der Waals surface area contributed by atoms with E-state index < -0.39 is 0 Å². The molecule has 5 heteroatoms. The predicted molar refractivity (Wildman–Crippen MR) is 66.9 cm³/mol. The Morgan fingerprint density at radius 3 is 3.11 bits per heavy atom. The fraction of sp³-hybridized carbons (Fsp3) is 0.462. The first-order valence-electron chi connectivity index (χ1n) is 6.14. The average molecular weight is 244 g/mol. The summed E-state index contributed by atoms with van der Waals surface area (Å²) < 4.78 is 0. The van der Waals surface area contributed by atoms with Crippen molar-refractivity contribution in [2.45, 2.75) is 12.8 Å². The average Bonchev–Trinajstić information content (AvgIpc) is 2.92. The quantitative estimate of drug-likeness (QED) is 0.816. The Hall–Kier alpha value is -1.93. The molecule has 5 nitrogen and oxygen atoms in total. The molecule has 94 valence electrons. The highest BCUT2D eigenvalue weighted by atomic mass is 16.1. The third-order valence-corrected chi connectivity index (χ3v) is 3.13. The lowest BCUT2D eigenvalue weighted by molar-refractivity contribution is 0.0946. The molecule has 0 bridgehead atoms. The van der Waals surface area contributed by atoms with E-state index in [1.165, 1.54) is 12.6 Å². The highest BCUT2D eigenvalue weighted by Gasteiger charge is 2.14. The van der Waals surface area contributed by atoms with E-state index in [4.69, 9.17) is 5.26 Å². The molecule has 1 aliphatic heterocycles. The molecule has 18 heavy (non-hydrogen) atoms. The lowest BCUT2D eigenvalue weighted by atomic mass is 10.1. The predicted octanol–water partition coefficient (Wildman–Crippen LogP) is 0.683. The number of carbonyl (C=O) groups is 1. The summed E-state index contributed by atoms with van der Waals surface area (Å²) in [5.41, 5.74) is 0.821. The van der Waals surface area contributed by atoms with Crippen molar-refractivity contribution in [3.05, 3.63) is 29.6 Å². The van der Waals surface area contributed by atoms with Gasteiger partial charge in [0.25, 0.3) is 5.91 Å². The zero-order chi connectivity index (χ0) is 12.8. The molecule has 1 unspecified atom stereocenters. The summed E-state index contributed by atoms with van der Waals surface area (Å²) in [5, 5.41) is 14.8. The molecule has 0 radical (unpaired) electrons. The number of carbonyl (C=O) groups excluding carboxylic acids is 1. The van der Waals surface area contributed by atoms with E-state index in [2.05, 4.69) is 15.6 Å². The van der Waals surface area contributed by atoms with Crippen LogP contribution in [-0.2, 0) is 0 Å². The molecule has 1 amide bonds. The van der Waals surface area contributed by atoms with Gasteiger partial charge in [0.2, 0.25) is 0 Å². The van der Waals surface area contributed by atoms with Crippen molar-refractivity contribution < 1.29 is 4.79 Å². The fourth-order valence-corrected chi connectivity index (χ4v) is 2.04. The first kappa shape index (κ1) is 12.5.